The van der Waals surface area contributed by atoms with Crippen molar-refractivity contribution < 1.29 is 0 Å². The monoisotopic (exact) mass is 177 g/mol. The van der Waals surface area contributed by atoms with Gasteiger partial charge in [0.05, 0.1) is 11.9 Å². The third-order valence-corrected chi connectivity index (χ3v) is 1.92. The smallest absolute Gasteiger partial charge is 0.240 e. The predicted octanol–water partition coefficient (Wildman–Crippen LogP) is 0.662. The summed E-state index contributed by atoms with van der Waals surface area (Å²) in [5.41, 5.74) is 8.34. The number of fused-ring (bicyclic) bond motifs is 1. The molecule has 0 atom stereocenters. The summed E-state index contributed by atoms with van der Waals surface area (Å²) in [4.78, 5) is 4.09. The van der Waals surface area contributed by atoms with Crippen LogP contribution in [0.4, 0.5) is 11.6 Å². The van der Waals surface area contributed by atoms with E-state index in [1.807, 2.05) is 26.2 Å². The van der Waals surface area contributed by atoms with E-state index in [9.17, 15) is 0 Å². The Kier molecular flexibility index (Phi) is 1.58. The highest BCUT2D eigenvalue weighted by Crippen LogP contribution is 2.14. The first kappa shape index (κ1) is 7.85. The molecule has 68 valence electrons. The summed E-state index contributed by atoms with van der Waals surface area (Å²) in [7, 11) is 1.86. The van der Waals surface area contributed by atoms with Crippen LogP contribution >= 0.6 is 0 Å². The van der Waals surface area contributed by atoms with Crippen LogP contribution in [0.25, 0.3) is 5.65 Å². The number of nitrogen functional groups attached to an aromatic ring is 1. The fourth-order valence-corrected chi connectivity index (χ4v) is 1.30. The van der Waals surface area contributed by atoms with Crippen molar-refractivity contribution in [3.8, 4) is 0 Å². The van der Waals surface area contributed by atoms with Crippen molar-refractivity contribution in [3.63, 3.8) is 0 Å². The van der Waals surface area contributed by atoms with Crippen molar-refractivity contribution in [2.45, 2.75) is 6.92 Å². The first-order valence-corrected chi connectivity index (χ1v) is 4.01. The van der Waals surface area contributed by atoms with Gasteiger partial charge in [0, 0.05) is 7.05 Å². The van der Waals surface area contributed by atoms with Crippen LogP contribution < -0.4 is 11.1 Å². The van der Waals surface area contributed by atoms with E-state index >= 15 is 0 Å². The molecule has 0 spiro atoms. The summed E-state index contributed by atoms with van der Waals surface area (Å²) in [6.45, 7) is 1.98. The number of rotatable bonds is 1. The minimum atomic E-state index is 0.302. The highest BCUT2D eigenvalue weighted by molar-refractivity contribution is 5.56. The van der Waals surface area contributed by atoms with Crippen LogP contribution in [0.3, 0.4) is 0 Å². The van der Waals surface area contributed by atoms with Crippen LogP contribution in [0.15, 0.2) is 12.3 Å². The van der Waals surface area contributed by atoms with Crippen molar-refractivity contribution >= 4 is 17.3 Å². The van der Waals surface area contributed by atoms with Gasteiger partial charge in [0.1, 0.15) is 0 Å². The van der Waals surface area contributed by atoms with Crippen molar-refractivity contribution in [3.05, 3.63) is 17.8 Å². The molecule has 2 aromatic heterocycles. The van der Waals surface area contributed by atoms with Crippen molar-refractivity contribution in [2.24, 2.45) is 0 Å². The molecule has 0 amide bonds. The Balaban J connectivity index is 2.75. The zero-order chi connectivity index (χ0) is 9.42. The van der Waals surface area contributed by atoms with Gasteiger partial charge in [-0.25, -0.2) is 4.52 Å². The van der Waals surface area contributed by atoms with Gasteiger partial charge in [-0.3, -0.25) is 0 Å². The summed E-state index contributed by atoms with van der Waals surface area (Å²) < 4.78 is 1.68. The topological polar surface area (TPSA) is 68.2 Å². The van der Waals surface area contributed by atoms with E-state index in [1.54, 1.807) is 4.52 Å². The first-order valence-electron chi connectivity index (χ1n) is 4.01. The van der Waals surface area contributed by atoms with Crippen LogP contribution in [0.5, 0.6) is 0 Å². The lowest BCUT2D eigenvalue weighted by Gasteiger charge is -2.01. The molecule has 0 bridgehead atoms. The van der Waals surface area contributed by atoms with E-state index in [4.69, 9.17) is 5.73 Å². The molecule has 2 rings (SSSR count). The molecule has 5 heteroatoms. The largest absolute Gasteiger partial charge is 0.387 e. The lowest BCUT2D eigenvalue weighted by atomic mass is 10.3. The number of nitrogens with one attached hydrogen (secondary N) is 1. The number of aryl methyl sites for hydroxylation is 1. The minimum Gasteiger partial charge on any atom is -0.387 e. The third kappa shape index (κ3) is 1.18. The van der Waals surface area contributed by atoms with Crippen molar-refractivity contribution in [1.82, 2.24) is 14.6 Å². The van der Waals surface area contributed by atoms with Gasteiger partial charge in [-0.15, -0.1) is 5.10 Å². The second kappa shape index (κ2) is 2.62. The molecule has 2 heterocycles. The average molecular weight is 177 g/mol. The number of pyridine rings is 1. The van der Waals surface area contributed by atoms with Gasteiger partial charge in [-0.1, -0.05) is 0 Å². The standard InChI is InChI=1S/C8H11N5/c1-5-3-6(10-2)4-13-7(5)11-8(9)12-13/h3-4,10H,1-2H3,(H2,9,12). The number of anilines is 2. The number of nitrogens with zero attached hydrogens (tertiary/aromatic N) is 3. The number of nitrogens with two attached hydrogens (primary N) is 1. The summed E-state index contributed by atoms with van der Waals surface area (Å²) >= 11 is 0. The van der Waals surface area contributed by atoms with Crippen LogP contribution in [0, 0.1) is 6.92 Å². The molecule has 0 aliphatic rings. The van der Waals surface area contributed by atoms with Gasteiger partial charge < -0.3 is 11.1 Å². The van der Waals surface area contributed by atoms with Gasteiger partial charge in [0.2, 0.25) is 5.95 Å². The van der Waals surface area contributed by atoms with Crippen LogP contribution in [0.1, 0.15) is 5.56 Å². The molecule has 0 aliphatic carbocycles. The first-order chi connectivity index (χ1) is 6.20. The molecule has 0 fully saturated rings. The maximum Gasteiger partial charge on any atom is 0.240 e. The molecular weight excluding hydrogens is 166 g/mol. The quantitative estimate of drug-likeness (QED) is 0.671. The molecule has 0 saturated heterocycles. The molecule has 0 radical (unpaired) electrons. The normalized spacial score (nSPS) is 10.6. The molecule has 0 aliphatic heterocycles. The van der Waals surface area contributed by atoms with Gasteiger partial charge in [0.15, 0.2) is 5.65 Å². The molecule has 0 unspecified atom stereocenters. The number of hydrogen-bond acceptors (Lipinski definition) is 4. The number of aromatic nitrogens is 3. The van der Waals surface area contributed by atoms with E-state index in [2.05, 4.69) is 15.4 Å². The third-order valence-electron chi connectivity index (χ3n) is 1.92. The van der Waals surface area contributed by atoms with Gasteiger partial charge in [-0.05, 0) is 18.6 Å². The molecule has 13 heavy (non-hydrogen) atoms. The Morgan fingerprint density at radius 1 is 1.54 bits per heavy atom. The summed E-state index contributed by atoms with van der Waals surface area (Å²) in [6.07, 6.45) is 1.85. The second-order valence-corrected chi connectivity index (χ2v) is 2.90. The van der Waals surface area contributed by atoms with Gasteiger partial charge in [0.25, 0.3) is 0 Å². The zero-order valence-corrected chi connectivity index (χ0v) is 7.57. The molecule has 2 aromatic rings. The highest BCUT2D eigenvalue weighted by Gasteiger charge is 2.03. The fraction of sp³-hybridized carbons (Fsp3) is 0.250. The molecule has 0 aromatic carbocycles. The van der Waals surface area contributed by atoms with Gasteiger partial charge in [-0.2, -0.15) is 4.98 Å². The predicted molar refractivity (Wildman–Crippen MR) is 51.7 cm³/mol. The van der Waals surface area contributed by atoms with Crippen LogP contribution in [-0.2, 0) is 0 Å². The summed E-state index contributed by atoms with van der Waals surface area (Å²) in [6, 6.07) is 2.00. The summed E-state index contributed by atoms with van der Waals surface area (Å²) in [5, 5.41) is 7.07. The van der Waals surface area contributed by atoms with E-state index in [0.717, 1.165) is 16.9 Å². The van der Waals surface area contributed by atoms with E-state index in [1.165, 1.54) is 0 Å². The molecular formula is C8H11N5. The van der Waals surface area contributed by atoms with Crippen molar-refractivity contribution in [1.29, 1.82) is 0 Å². The SMILES string of the molecule is CNc1cc(C)c2nc(N)nn2c1. The average Bonchev–Trinajstić information content (AvgIpc) is 2.46. The number of hydrogen-bond donors (Lipinski definition) is 2. The molecule has 5 nitrogen and oxygen atoms in total. The second-order valence-electron chi connectivity index (χ2n) is 2.90. The minimum absolute atomic E-state index is 0.302. The van der Waals surface area contributed by atoms with E-state index in [0.29, 0.717) is 5.95 Å². The van der Waals surface area contributed by atoms with Crippen molar-refractivity contribution in [2.75, 3.05) is 18.1 Å². The van der Waals surface area contributed by atoms with E-state index in [-0.39, 0.29) is 0 Å². The van der Waals surface area contributed by atoms with Crippen LogP contribution in [0.2, 0.25) is 0 Å². The Hall–Kier alpha value is -1.78. The molecule has 3 N–H and O–H groups in total. The fourth-order valence-electron chi connectivity index (χ4n) is 1.30. The Morgan fingerprint density at radius 3 is 3.00 bits per heavy atom. The highest BCUT2D eigenvalue weighted by atomic mass is 15.3. The Bertz CT molecular complexity index is 445. The molecule has 0 saturated carbocycles. The van der Waals surface area contributed by atoms with Crippen LogP contribution in [-0.4, -0.2) is 21.6 Å². The summed E-state index contributed by atoms with van der Waals surface area (Å²) in [5.74, 6) is 0.302. The Morgan fingerprint density at radius 2 is 2.31 bits per heavy atom. The zero-order valence-electron chi connectivity index (χ0n) is 7.57. The Labute approximate surface area is 75.6 Å². The maximum atomic E-state index is 5.49. The van der Waals surface area contributed by atoms with Gasteiger partial charge >= 0.3 is 0 Å². The lowest BCUT2D eigenvalue weighted by Crippen LogP contribution is -1.95. The lowest BCUT2D eigenvalue weighted by molar-refractivity contribution is 0.963. The maximum absolute atomic E-state index is 5.49. The van der Waals surface area contributed by atoms with E-state index < -0.39 is 0 Å².